The van der Waals surface area contributed by atoms with Crippen molar-refractivity contribution in [1.82, 2.24) is 15.2 Å². The van der Waals surface area contributed by atoms with Gasteiger partial charge in [-0.05, 0) is 29.8 Å². The van der Waals surface area contributed by atoms with Crippen molar-refractivity contribution in [2.45, 2.75) is 6.04 Å². The van der Waals surface area contributed by atoms with Crippen LogP contribution in [-0.2, 0) is 9.47 Å². The molecule has 8 nitrogen and oxygen atoms in total. The first kappa shape index (κ1) is 21.5. The Balaban J connectivity index is 1.45. The van der Waals surface area contributed by atoms with Gasteiger partial charge in [0.2, 0.25) is 0 Å². The highest BCUT2D eigenvalue weighted by atomic mass is 16.5. The van der Waals surface area contributed by atoms with Gasteiger partial charge in [0.15, 0.2) is 0 Å². The largest absolute Gasteiger partial charge is 0.497 e. The summed E-state index contributed by atoms with van der Waals surface area (Å²) in [5, 5.41) is 3.10. The molecule has 0 spiro atoms. The smallest absolute Gasteiger partial charge is 0.270 e. The standard InChI is InChI=1S/C23H30N4O4/c1-29-20-4-2-18(3-5-20)22(27-10-14-31-15-11-27)17-25-23(28)21-16-19(6-7-24-21)26-8-12-30-13-9-26/h2-7,16,22H,8-15,17H2,1H3,(H,25,28)/t22-/m0/s1. The van der Waals surface area contributed by atoms with Crippen molar-refractivity contribution < 1.29 is 19.0 Å². The average molecular weight is 427 g/mol. The van der Waals surface area contributed by atoms with Crippen LogP contribution in [0.2, 0.25) is 0 Å². The minimum Gasteiger partial charge on any atom is -0.497 e. The van der Waals surface area contributed by atoms with Gasteiger partial charge < -0.3 is 24.4 Å². The predicted octanol–water partition coefficient (Wildman–Crippen LogP) is 1.73. The molecule has 1 atom stereocenters. The molecule has 2 saturated heterocycles. The van der Waals surface area contributed by atoms with E-state index in [9.17, 15) is 4.79 Å². The maximum absolute atomic E-state index is 12.9. The summed E-state index contributed by atoms with van der Waals surface area (Å²) in [5.41, 5.74) is 2.57. The minimum atomic E-state index is -0.165. The Hall–Kier alpha value is -2.68. The fourth-order valence-electron chi connectivity index (χ4n) is 4.01. The van der Waals surface area contributed by atoms with Gasteiger partial charge in [0.25, 0.3) is 5.91 Å². The number of pyridine rings is 1. The predicted molar refractivity (Wildman–Crippen MR) is 118 cm³/mol. The van der Waals surface area contributed by atoms with Crippen LogP contribution in [0.5, 0.6) is 5.75 Å². The molecule has 166 valence electrons. The molecule has 1 aromatic heterocycles. The van der Waals surface area contributed by atoms with E-state index in [1.54, 1.807) is 13.3 Å². The lowest BCUT2D eigenvalue weighted by Gasteiger charge is -2.35. The van der Waals surface area contributed by atoms with Crippen molar-refractivity contribution in [1.29, 1.82) is 0 Å². The van der Waals surface area contributed by atoms with E-state index in [4.69, 9.17) is 14.2 Å². The molecular weight excluding hydrogens is 396 g/mol. The van der Waals surface area contributed by atoms with E-state index >= 15 is 0 Å². The second kappa shape index (κ2) is 10.6. The highest BCUT2D eigenvalue weighted by Gasteiger charge is 2.24. The van der Waals surface area contributed by atoms with Crippen molar-refractivity contribution in [3.63, 3.8) is 0 Å². The summed E-state index contributed by atoms with van der Waals surface area (Å²) in [7, 11) is 1.66. The number of ether oxygens (including phenoxy) is 3. The van der Waals surface area contributed by atoms with E-state index < -0.39 is 0 Å². The van der Waals surface area contributed by atoms with Gasteiger partial charge in [-0.1, -0.05) is 12.1 Å². The summed E-state index contributed by atoms with van der Waals surface area (Å²) in [5.74, 6) is 0.652. The van der Waals surface area contributed by atoms with E-state index in [1.807, 2.05) is 24.3 Å². The number of rotatable bonds is 7. The van der Waals surface area contributed by atoms with Gasteiger partial charge >= 0.3 is 0 Å². The van der Waals surface area contributed by atoms with Crippen molar-refractivity contribution in [3.05, 3.63) is 53.9 Å². The van der Waals surface area contributed by atoms with E-state index in [2.05, 4.69) is 32.2 Å². The molecule has 8 heteroatoms. The lowest BCUT2D eigenvalue weighted by Crippen LogP contribution is -2.44. The molecule has 1 amide bonds. The molecule has 2 fully saturated rings. The average Bonchev–Trinajstić information content (AvgIpc) is 2.85. The Kier molecular flexibility index (Phi) is 7.35. The van der Waals surface area contributed by atoms with E-state index in [0.29, 0.717) is 38.7 Å². The molecule has 0 radical (unpaired) electrons. The Morgan fingerprint density at radius 2 is 1.74 bits per heavy atom. The monoisotopic (exact) mass is 426 g/mol. The van der Waals surface area contributed by atoms with Crippen LogP contribution in [0.25, 0.3) is 0 Å². The number of carbonyl (C=O) groups excluding carboxylic acids is 1. The molecule has 2 aromatic rings. The summed E-state index contributed by atoms with van der Waals surface area (Å²) < 4.78 is 16.2. The molecule has 3 heterocycles. The summed E-state index contributed by atoms with van der Waals surface area (Å²) >= 11 is 0. The lowest BCUT2D eigenvalue weighted by molar-refractivity contribution is 0.0162. The molecule has 1 aromatic carbocycles. The zero-order valence-corrected chi connectivity index (χ0v) is 18.0. The molecule has 0 unspecified atom stereocenters. The van der Waals surface area contributed by atoms with Crippen molar-refractivity contribution >= 4 is 11.6 Å². The van der Waals surface area contributed by atoms with Crippen LogP contribution in [0.4, 0.5) is 5.69 Å². The summed E-state index contributed by atoms with van der Waals surface area (Å²) in [4.78, 5) is 21.8. The van der Waals surface area contributed by atoms with Crippen LogP contribution < -0.4 is 15.0 Å². The Morgan fingerprint density at radius 3 is 2.42 bits per heavy atom. The van der Waals surface area contributed by atoms with Gasteiger partial charge in [-0.3, -0.25) is 14.7 Å². The number of methoxy groups -OCH3 is 1. The van der Waals surface area contributed by atoms with Crippen LogP contribution in [0.3, 0.4) is 0 Å². The quantitative estimate of drug-likeness (QED) is 0.723. The number of hydrogen-bond acceptors (Lipinski definition) is 7. The topological polar surface area (TPSA) is 76.2 Å². The molecule has 0 saturated carbocycles. The maximum Gasteiger partial charge on any atom is 0.270 e. The third-order valence-electron chi connectivity index (χ3n) is 5.80. The molecule has 2 aliphatic rings. The van der Waals surface area contributed by atoms with Crippen LogP contribution in [0, 0.1) is 0 Å². The Bertz CT molecular complexity index is 849. The number of anilines is 1. The van der Waals surface area contributed by atoms with Gasteiger partial charge in [-0.25, -0.2) is 0 Å². The molecule has 0 aliphatic carbocycles. The summed E-state index contributed by atoms with van der Waals surface area (Å²) in [6.07, 6.45) is 1.70. The highest BCUT2D eigenvalue weighted by molar-refractivity contribution is 5.93. The summed E-state index contributed by atoms with van der Waals surface area (Å²) in [6, 6.07) is 11.9. The zero-order chi connectivity index (χ0) is 21.5. The van der Waals surface area contributed by atoms with Crippen LogP contribution >= 0.6 is 0 Å². The SMILES string of the molecule is COc1ccc([C@H](CNC(=O)c2cc(N3CCOCC3)ccn2)N2CCOCC2)cc1. The van der Waals surface area contributed by atoms with Crippen molar-refractivity contribution in [2.24, 2.45) is 0 Å². The van der Waals surface area contributed by atoms with Crippen LogP contribution in [0.15, 0.2) is 42.6 Å². The van der Waals surface area contributed by atoms with Crippen LogP contribution in [-0.4, -0.2) is 82.1 Å². The molecule has 0 bridgehead atoms. The number of hydrogen-bond donors (Lipinski definition) is 1. The van der Waals surface area contributed by atoms with Crippen molar-refractivity contribution in [3.8, 4) is 5.75 Å². The van der Waals surface area contributed by atoms with E-state index in [0.717, 1.165) is 43.2 Å². The lowest BCUT2D eigenvalue weighted by atomic mass is 10.0. The third-order valence-corrected chi connectivity index (χ3v) is 5.80. The number of aromatic nitrogens is 1. The van der Waals surface area contributed by atoms with E-state index in [1.165, 1.54) is 0 Å². The number of benzene rings is 1. The first-order chi connectivity index (χ1) is 15.2. The number of morpholine rings is 2. The Labute approximate surface area is 183 Å². The first-order valence-corrected chi connectivity index (χ1v) is 10.8. The van der Waals surface area contributed by atoms with Gasteiger partial charge in [0.1, 0.15) is 11.4 Å². The minimum absolute atomic E-state index is 0.0567. The van der Waals surface area contributed by atoms with Gasteiger partial charge in [-0.2, -0.15) is 0 Å². The molecule has 2 aliphatic heterocycles. The van der Waals surface area contributed by atoms with E-state index in [-0.39, 0.29) is 11.9 Å². The second-order valence-electron chi connectivity index (χ2n) is 7.65. The molecular formula is C23H30N4O4. The molecule has 4 rings (SSSR count). The van der Waals surface area contributed by atoms with Gasteiger partial charge in [-0.15, -0.1) is 0 Å². The second-order valence-corrected chi connectivity index (χ2v) is 7.65. The number of carbonyl (C=O) groups is 1. The summed E-state index contributed by atoms with van der Waals surface area (Å²) in [6.45, 7) is 6.60. The molecule has 31 heavy (non-hydrogen) atoms. The first-order valence-electron chi connectivity index (χ1n) is 10.8. The Morgan fingerprint density at radius 1 is 1.06 bits per heavy atom. The molecule has 1 N–H and O–H groups in total. The highest BCUT2D eigenvalue weighted by Crippen LogP contribution is 2.24. The van der Waals surface area contributed by atoms with Gasteiger partial charge in [0, 0.05) is 44.6 Å². The zero-order valence-electron chi connectivity index (χ0n) is 18.0. The number of amides is 1. The normalized spacial score (nSPS) is 18.4. The van der Waals surface area contributed by atoms with Crippen molar-refractivity contribution in [2.75, 3.05) is 71.2 Å². The number of nitrogens with one attached hydrogen (secondary N) is 1. The third kappa shape index (κ3) is 5.52. The fraction of sp³-hybridized carbons (Fsp3) is 0.478. The van der Waals surface area contributed by atoms with Gasteiger partial charge in [0.05, 0.1) is 39.6 Å². The fourth-order valence-corrected chi connectivity index (χ4v) is 4.01. The maximum atomic E-state index is 12.9. The van der Waals surface area contributed by atoms with Crippen LogP contribution in [0.1, 0.15) is 22.1 Å². The number of nitrogens with zero attached hydrogens (tertiary/aromatic N) is 3.